The molecule has 0 radical (unpaired) electrons. The summed E-state index contributed by atoms with van der Waals surface area (Å²) in [6.07, 6.45) is 7.45. The average Bonchev–Trinajstić information content (AvgIpc) is 3.07. The molecule has 34 heavy (non-hydrogen) atoms. The highest BCUT2D eigenvalue weighted by atomic mass is 79.9. The van der Waals surface area contributed by atoms with E-state index in [1.54, 1.807) is 18.2 Å². The summed E-state index contributed by atoms with van der Waals surface area (Å²) in [6.45, 7) is 0.770. The molecule has 1 aliphatic carbocycles. The molecule has 1 aliphatic heterocycles. The van der Waals surface area contributed by atoms with Crippen molar-refractivity contribution in [2.24, 2.45) is 5.92 Å². The van der Waals surface area contributed by atoms with Gasteiger partial charge in [0.1, 0.15) is 12.4 Å². The lowest BCUT2D eigenvalue weighted by Gasteiger charge is -2.25. The molecule has 2 aromatic rings. The maximum Gasteiger partial charge on any atom is 0.335 e. The van der Waals surface area contributed by atoms with Gasteiger partial charge in [-0.15, -0.1) is 0 Å². The van der Waals surface area contributed by atoms with Gasteiger partial charge >= 0.3 is 5.97 Å². The number of carboxylic acids is 1. The fourth-order valence-corrected chi connectivity index (χ4v) is 6.44. The Balaban J connectivity index is 1.44. The van der Waals surface area contributed by atoms with E-state index in [-0.39, 0.29) is 23.3 Å². The summed E-state index contributed by atoms with van der Waals surface area (Å²) in [5, 5.41) is 8.81. The van der Waals surface area contributed by atoms with E-state index in [2.05, 4.69) is 31.9 Å². The summed E-state index contributed by atoms with van der Waals surface area (Å²) < 4.78 is 7.31. The predicted molar refractivity (Wildman–Crippen MR) is 139 cm³/mol. The maximum absolute atomic E-state index is 12.9. The fourth-order valence-electron chi connectivity index (χ4n) is 4.14. The number of carboxylic acid groups (broad SMARTS) is 1. The van der Waals surface area contributed by atoms with Crippen molar-refractivity contribution in [3.63, 3.8) is 0 Å². The number of carbonyl (C=O) groups excluding carboxylic acids is 2. The van der Waals surface area contributed by atoms with Crippen molar-refractivity contribution in [1.82, 2.24) is 4.90 Å². The van der Waals surface area contributed by atoms with E-state index in [0.29, 0.717) is 32.1 Å². The quantitative estimate of drug-likeness (QED) is 0.337. The van der Waals surface area contributed by atoms with Gasteiger partial charge in [-0.3, -0.25) is 14.5 Å². The Hall–Kier alpha value is -2.10. The van der Waals surface area contributed by atoms with Crippen molar-refractivity contribution in [2.75, 3.05) is 6.54 Å². The monoisotopic (exact) mass is 607 g/mol. The first-order chi connectivity index (χ1) is 16.3. The topological polar surface area (TPSA) is 83.9 Å². The van der Waals surface area contributed by atoms with E-state index in [1.807, 2.05) is 12.1 Å². The number of thioether (sulfide) groups is 1. The van der Waals surface area contributed by atoms with Crippen LogP contribution in [0.2, 0.25) is 0 Å². The number of hydrogen-bond donors (Lipinski definition) is 1. The molecule has 0 aromatic heterocycles. The first-order valence-electron chi connectivity index (χ1n) is 11.0. The highest BCUT2D eigenvalue weighted by molar-refractivity contribution is 9.11. The van der Waals surface area contributed by atoms with E-state index in [4.69, 9.17) is 9.84 Å². The number of nitrogens with zero attached hydrogens (tertiary/aromatic N) is 1. The van der Waals surface area contributed by atoms with E-state index >= 15 is 0 Å². The lowest BCUT2D eigenvalue weighted by molar-refractivity contribution is -0.123. The van der Waals surface area contributed by atoms with Gasteiger partial charge in [-0.05, 0) is 104 Å². The molecule has 0 unspecified atom stereocenters. The summed E-state index contributed by atoms with van der Waals surface area (Å²) in [5.41, 5.74) is 1.82. The van der Waals surface area contributed by atoms with Crippen LogP contribution in [0.4, 0.5) is 4.79 Å². The zero-order valence-electron chi connectivity index (χ0n) is 18.3. The van der Waals surface area contributed by atoms with Crippen LogP contribution in [-0.2, 0) is 11.4 Å². The predicted octanol–water partition coefficient (Wildman–Crippen LogP) is 7.11. The van der Waals surface area contributed by atoms with E-state index < -0.39 is 5.97 Å². The first kappa shape index (κ1) is 25.0. The second kappa shape index (κ2) is 11.1. The SMILES string of the molecule is O=C(O)c1ccc(COc2c(Br)cc(/C=C3/SC(=O)N(CC4CCCCC4)C3=O)cc2Br)cc1. The molecule has 1 saturated carbocycles. The van der Waals surface area contributed by atoms with Crippen LogP contribution in [0, 0.1) is 5.92 Å². The van der Waals surface area contributed by atoms with Gasteiger partial charge in [0.05, 0.1) is 19.4 Å². The summed E-state index contributed by atoms with van der Waals surface area (Å²) >= 11 is 8.04. The second-order valence-corrected chi connectivity index (χ2v) is 11.1. The minimum Gasteiger partial charge on any atom is -0.487 e. The molecule has 1 saturated heterocycles. The molecule has 1 N–H and O–H groups in total. The molecule has 0 bridgehead atoms. The molecule has 1 heterocycles. The highest BCUT2D eigenvalue weighted by Crippen LogP contribution is 2.39. The summed E-state index contributed by atoms with van der Waals surface area (Å²) in [7, 11) is 0. The summed E-state index contributed by atoms with van der Waals surface area (Å²) in [4.78, 5) is 38.2. The summed E-state index contributed by atoms with van der Waals surface area (Å²) in [6, 6.07) is 10.2. The number of ether oxygens (including phenoxy) is 1. The molecule has 9 heteroatoms. The molecule has 6 nitrogen and oxygen atoms in total. The largest absolute Gasteiger partial charge is 0.487 e. The van der Waals surface area contributed by atoms with Crippen LogP contribution in [0.15, 0.2) is 50.2 Å². The molecule has 2 aliphatic rings. The molecule has 4 rings (SSSR count). The third kappa shape index (κ3) is 5.93. The Labute approximate surface area is 219 Å². The molecule has 2 aromatic carbocycles. The number of carbonyl (C=O) groups is 3. The molecule has 2 amide bonds. The molecule has 2 fully saturated rings. The summed E-state index contributed by atoms with van der Waals surface area (Å²) in [5.74, 6) is -0.204. The second-order valence-electron chi connectivity index (χ2n) is 8.40. The van der Waals surface area contributed by atoms with Crippen LogP contribution >= 0.6 is 43.6 Å². The Morgan fingerprint density at radius 2 is 1.74 bits per heavy atom. The fraction of sp³-hybridized carbons (Fsp3) is 0.320. The normalized spacial score (nSPS) is 18.1. The Morgan fingerprint density at radius 3 is 2.35 bits per heavy atom. The van der Waals surface area contributed by atoms with Gasteiger partial charge in [-0.2, -0.15) is 0 Å². The van der Waals surface area contributed by atoms with E-state index in [9.17, 15) is 14.4 Å². The van der Waals surface area contributed by atoms with Gasteiger partial charge in [0.15, 0.2) is 0 Å². The number of hydrogen-bond acceptors (Lipinski definition) is 5. The molecule has 0 atom stereocenters. The Kier molecular flexibility index (Phi) is 8.16. The van der Waals surface area contributed by atoms with Crippen molar-refractivity contribution in [3.05, 3.63) is 66.9 Å². The van der Waals surface area contributed by atoms with Gasteiger partial charge in [-0.1, -0.05) is 31.4 Å². The lowest BCUT2D eigenvalue weighted by atomic mass is 9.89. The molecular weight excluding hydrogens is 586 g/mol. The van der Waals surface area contributed by atoms with Crippen LogP contribution in [0.3, 0.4) is 0 Å². The molecule has 0 spiro atoms. The first-order valence-corrected chi connectivity index (χ1v) is 13.4. The highest BCUT2D eigenvalue weighted by Gasteiger charge is 2.36. The van der Waals surface area contributed by atoms with E-state index in [0.717, 1.165) is 35.7 Å². The maximum atomic E-state index is 12.9. The molecular formula is C25H23Br2NO5S. The van der Waals surface area contributed by atoms with Gasteiger partial charge in [0.25, 0.3) is 11.1 Å². The van der Waals surface area contributed by atoms with Crippen molar-refractivity contribution in [2.45, 2.75) is 38.7 Å². The van der Waals surface area contributed by atoms with Crippen LogP contribution in [0.1, 0.15) is 53.6 Å². The van der Waals surface area contributed by atoms with Gasteiger partial charge < -0.3 is 9.84 Å². The number of aromatic carboxylic acids is 1. The Bertz CT molecular complexity index is 1120. The van der Waals surface area contributed by atoms with Gasteiger partial charge in [-0.25, -0.2) is 4.79 Å². The zero-order chi connectivity index (χ0) is 24.2. The average molecular weight is 609 g/mol. The smallest absolute Gasteiger partial charge is 0.335 e. The number of rotatable bonds is 7. The van der Waals surface area contributed by atoms with Crippen LogP contribution in [0.25, 0.3) is 6.08 Å². The van der Waals surface area contributed by atoms with Crippen LogP contribution in [0.5, 0.6) is 5.75 Å². The van der Waals surface area contributed by atoms with Crippen LogP contribution in [-0.4, -0.2) is 33.7 Å². The standard InChI is InChI=1S/C25H23Br2NO5S/c26-19-10-17(11-20(27)22(19)33-14-16-6-8-18(9-7-16)24(30)31)12-21-23(29)28(25(32)34-21)13-15-4-2-1-3-5-15/h6-12,15H,1-5,13-14H2,(H,30,31)/b21-12+. The third-order valence-electron chi connectivity index (χ3n) is 5.94. The zero-order valence-corrected chi connectivity index (χ0v) is 22.2. The van der Waals surface area contributed by atoms with Gasteiger partial charge in [0.2, 0.25) is 0 Å². The van der Waals surface area contributed by atoms with Crippen molar-refractivity contribution in [3.8, 4) is 5.75 Å². The lowest BCUT2D eigenvalue weighted by Crippen LogP contribution is -2.34. The number of imide groups is 1. The van der Waals surface area contributed by atoms with Gasteiger partial charge in [0, 0.05) is 6.54 Å². The minimum atomic E-state index is -0.972. The Morgan fingerprint density at radius 1 is 1.09 bits per heavy atom. The van der Waals surface area contributed by atoms with E-state index in [1.165, 1.54) is 36.3 Å². The third-order valence-corrected chi connectivity index (χ3v) is 8.03. The van der Waals surface area contributed by atoms with Crippen molar-refractivity contribution < 1.29 is 24.2 Å². The van der Waals surface area contributed by atoms with Crippen LogP contribution < -0.4 is 4.74 Å². The van der Waals surface area contributed by atoms with Crippen molar-refractivity contribution in [1.29, 1.82) is 0 Å². The minimum absolute atomic E-state index is 0.200. The number of benzene rings is 2. The number of halogens is 2. The molecule has 178 valence electrons. The van der Waals surface area contributed by atoms with Crippen molar-refractivity contribution >= 4 is 66.8 Å². The number of amides is 2.